The van der Waals surface area contributed by atoms with Crippen LogP contribution in [0.3, 0.4) is 0 Å². The maximum atomic E-state index is 11.1. The molecule has 0 aromatic carbocycles. The summed E-state index contributed by atoms with van der Waals surface area (Å²) >= 11 is 1.75. The first kappa shape index (κ1) is 10.6. The zero-order chi connectivity index (χ0) is 8.81. The van der Waals surface area contributed by atoms with Crippen LogP contribution in [0.1, 0.15) is 32.1 Å². The third-order valence-corrected chi connectivity index (χ3v) is 3.41. The van der Waals surface area contributed by atoms with Gasteiger partial charge in [-0.1, -0.05) is 35.2 Å². The summed E-state index contributed by atoms with van der Waals surface area (Å²) in [6.45, 7) is 0. The van der Waals surface area contributed by atoms with Gasteiger partial charge in [-0.15, -0.1) is 0 Å². The molecule has 1 fully saturated rings. The smallest absolute Gasteiger partial charge is 0.235 e. The van der Waals surface area contributed by atoms with E-state index < -0.39 is 11.3 Å². The van der Waals surface area contributed by atoms with E-state index in [1.54, 1.807) is 0 Å². The molecule has 72 valence electrons. The van der Waals surface area contributed by atoms with Crippen molar-refractivity contribution in [1.29, 1.82) is 0 Å². The normalized spacial score (nSPS) is 22.4. The molecule has 0 bridgehead atoms. The molecule has 0 aromatic heterocycles. The molecule has 0 aliphatic heterocycles. The van der Waals surface area contributed by atoms with Gasteiger partial charge in [0.1, 0.15) is 5.52 Å². The van der Waals surface area contributed by atoms with Gasteiger partial charge in [0, 0.05) is 6.04 Å². The first-order valence-corrected chi connectivity index (χ1v) is 6.39. The number of hydrogen-bond donors (Lipinski definition) is 1. The highest BCUT2D eigenvalue weighted by Crippen LogP contribution is 2.17. The van der Waals surface area contributed by atoms with Gasteiger partial charge in [-0.3, -0.25) is 4.18 Å². The average molecular weight is 256 g/mol. The molecule has 0 radical (unpaired) electrons. The Hall–Kier alpha value is 0.550. The van der Waals surface area contributed by atoms with E-state index in [-0.39, 0.29) is 0 Å². The second kappa shape index (κ2) is 6.07. The molecule has 12 heavy (non-hydrogen) atoms. The summed E-state index contributed by atoms with van der Waals surface area (Å²) in [5, 5.41) is 0. The van der Waals surface area contributed by atoms with Crippen molar-refractivity contribution >= 4 is 27.2 Å². The number of nitrogens with one attached hydrogen (secondary N) is 1. The Labute approximate surface area is 84.2 Å². The van der Waals surface area contributed by atoms with Crippen LogP contribution in [0, 0.1) is 0 Å². The van der Waals surface area contributed by atoms with Gasteiger partial charge in [0.2, 0.25) is 11.3 Å². The van der Waals surface area contributed by atoms with Crippen molar-refractivity contribution in [3.63, 3.8) is 0 Å². The third-order valence-electron chi connectivity index (χ3n) is 2.02. The van der Waals surface area contributed by atoms with Gasteiger partial charge in [-0.2, -0.15) is 0 Å². The Morgan fingerprint density at radius 2 is 2.08 bits per heavy atom. The Morgan fingerprint density at radius 1 is 1.42 bits per heavy atom. The largest absolute Gasteiger partial charge is 0.267 e. The molecular formula is C7H14BrNO2S. The fourth-order valence-corrected chi connectivity index (χ4v) is 2.60. The van der Waals surface area contributed by atoms with Crippen LogP contribution in [0.15, 0.2) is 0 Å². The lowest BCUT2D eigenvalue weighted by atomic mass is 9.96. The molecule has 5 heteroatoms. The molecule has 0 spiro atoms. The Morgan fingerprint density at radius 3 is 2.67 bits per heavy atom. The summed E-state index contributed by atoms with van der Waals surface area (Å²) in [7, 11) is 0. The van der Waals surface area contributed by atoms with Crippen molar-refractivity contribution in [3.05, 3.63) is 0 Å². The number of alkyl halides is 1. The summed E-state index contributed by atoms with van der Waals surface area (Å²) in [6, 6.07) is 0.388. The van der Waals surface area contributed by atoms with Crippen LogP contribution in [0.4, 0.5) is 0 Å². The molecule has 0 saturated heterocycles. The van der Waals surface area contributed by atoms with Crippen molar-refractivity contribution in [2.24, 2.45) is 0 Å². The second-order valence-corrected chi connectivity index (χ2v) is 4.31. The highest BCUT2D eigenvalue weighted by Gasteiger charge is 2.15. The highest BCUT2D eigenvalue weighted by molar-refractivity contribution is 9.09. The highest BCUT2D eigenvalue weighted by atomic mass is 79.9. The van der Waals surface area contributed by atoms with Crippen LogP contribution in [-0.4, -0.2) is 15.8 Å². The van der Waals surface area contributed by atoms with Crippen LogP contribution in [-0.2, 0) is 15.4 Å². The minimum Gasteiger partial charge on any atom is -0.267 e. The molecule has 0 aromatic rings. The number of halogens is 1. The first-order valence-electron chi connectivity index (χ1n) is 4.20. The van der Waals surface area contributed by atoms with Gasteiger partial charge < -0.3 is 0 Å². The molecule has 1 N–H and O–H groups in total. The molecule has 1 saturated carbocycles. The standard InChI is InChI=1S/C7H14BrNO2S/c8-6-11-12(10)9-7-4-2-1-3-5-7/h7,9H,1-6H2. The third kappa shape index (κ3) is 3.98. The van der Waals surface area contributed by atoms with E-state index in [1.165, 1.54) is 19.3 Å². The molecule has 1 atom stereocenters. The molecule has 0 amide bonds. The molecule has 1 rings (SSSR count). The van der Waals surface area contributed by atoms with Crippen LogP contribution >= 0.6 is 15.9 Å². The van der Waals surface area contributed by atoms with Gasteiger partial charge in [-0.05, 0) is 12.8 Å². The van der Waals surface area contributed by atoms with Gasteiger partial charge in [0.05, 0.1) is 0 Å². The average Bonchev–Trinajstić information content (AvgIpc) is 2.06. The maximum absolute atomic E-state index is 11.1. The lowest BCUT2D eigenvalue weighted by Gasteiger charge is -2.21. The zero-order valence-corrected chi connectivity index (χ0v) is 9.33. The van der Waals surface area contributed by atoms with Crippen LogP contribution in [0.25, 0.3) is 0 Å². The van der Waals surface area contributed by atoms with E-state index in [0.717, 1.165) is 12.8 Å². The number of hydrogen-bond acceptors (Lipinski definition) is 2. The van der Waals surface area contributed by atoms with Crippen molar-refractivity contribution in [1.82, 2.24) is 4.72 Å². The van der Waals surface area contributed by atoms with Crippen molar-refractivity contribution < 1.29 is 8.39 Å². The summed E-state index contributed by atoms with van der Waals surface area (Å²) in [5.41, 5.74) is 0.319. The van der Waals surface area contributed by atoms with E-state index in [9.17, 15) is 4.21 Å². The van der Waals surface area contributed by atoms with Crippen LogP contribution < -0.4 is 4.72 Å². The van der Waals surface area contributed by atoms with Crippen LogP contribution in [0.2, 0.25) is 0 Å². The van der Waals surface area contributed by atoms with E-state index in [1.807, 2.05) is 0 Å². The summed E-state index contributed by atoms with van der Waals surface area (Å²) in [4.78, 5) is 0. The summed E-state index contributed by atoms with van der Waals surface area (Å²) < 4.78 is 18.8. The Bertz CT molecular complexity index is 150. The van der Waals surface area contributed by atoms with E-state index >= 15 is 0 Å². The first-order chi connectivity index (χ1) is 5.83. The molecule has 3 nitrogen and oxygen atoms in total. The lowest BCUT2D eigenvalue weighted by molar-refractivity contribution is 0.381. The minimum absolute atomic E-state index is 0.319. The Kier molecular flexibility index (Phi) is 5.38. The maximum Gasteiger partial charge on any atom is 0.235 e. The van der Waals surface area contributed by atoms with E-state index in [4.69, 9.17) is 4.18 Å². The SMILES string of the molecule is O=S(NC1CCCCC1)OCBr. The molecule has 1 aliphatic carbocycles. The molecule has 1 unspecified atom stereocenters. The van der Waals surface area contributed by atoms with Crippen molar-refractivity contribution in [2.45, 2.75) is 38.1 Å². The summed E-state index contributed by atoms with van der Waals surface area (Å²) in [5.74, 6) is 0. The second-order valence-electron chi connectivity index (χ2n) is 2.91. The lowest BCUT2D eigenvalue weighted by Crippen LogP contribution is -2.33. The molecular weight excluding hydrogens is 242 g/mol. The van der Waals surface area contributed by atoms with Gasteiger partial charge in [-0.25, -0.2) is 8.93 Å². The number of rotatable bonds is 4. The predicted molar refractivity (Wildman–Crippen MR) is 53.0 cm³/mol. The van der Waals surface area contributed by atoms with Gasteiger partial charge in [0.25, 0.3) is 0 Å². The fourth-order valence-electron chi connectivity index (χ4n) is 1.43. The minimum atomic E-state index is -1.31. The van der Waals surface area contributed by atoms with Gasteiger partial charge in [0.15, 0.2) is 0 Å². The van der Waals surface area contributed by atoms with Crippen LogP contribution in [0.5, 0.6) is 0 Å². The topological polar surface area (TPSA) is 38.3 Å². The monoisotopic (exact) mass is 255 g/mol. The summed E-state index contributed by atoms with van der Waals surface area (Å²) in [6.07, 6.45) is 6.03. The van der Waals surface area contributed by atoms with Crippen molar-refractivity contribution in [3.8, 4) is 0 Å². The molecule has 0 heterocycles. The van der Waals surface area contributed by atoms with E-state index in [0.29, 0.717) is 11.6 Å². The molecule has 1 aliphatic rings. The Balaban J connectivity index is 2.15. The predicted octanol–water partition coefficient (Wildman–Crippen LogP) is 1.86. The quantitative estimate of drug-likeness (QED) is 0.779. The van der Waals surface area contributed by atoms with Crippen molar-refractivity contribution in [2.75, 3.05) is 5.52 Å². The van der Waals surface area contributed by atoms with E-state index in [2.05, 4.69) is 20.7 Å². The van der Waals surface area contributed by atoms with Gasteiger partial charge >= 0.3 is 0 Å². The fraction of sp³-hybridized carbons (Fsp3) is 1.00. The zero-order valence-electron chi connectivity index (χ0n) is 6.92.